The maximum atomic E-state index is 13.1. The predicted molar refractivity (Wildman–Crippen MR) is 81.8 cm³/mol. The highest BCUT2D eigenvalue weighted by Crippen LogP contribution is 2.29. The highest BCUT2D eigenvalue weighted by atomic mass is 35.5. The molecule has 0 saturated heterocycles. The average molecular weight is 376 g/mol. The van der Waals surface area contributed by atoms with Crippen molar-refractivity contribution in [1.29, 1.82) is 0 Å². The van der Waals surface area contributed by atoms with Gasteiger partial charge in [-0.25, -0.2) is 9.18 Å². The number of hydrogen-bond acceptors (Lipinski definition) is 3. The minimum atomic E-state index is -4.48. The second-order valence-corrected chi connectivity index (χ2v) is 5.23. The van der Waals surface area contributed by atoms with Crippen LogP contribution in [0.1, 0.15) is 15.9 Å². The van der Waals surface area contributed by atoms with Gasteiger partial charge in [-0.15, -0.1) is 0 Å². The summed E-state index contributed by atoms with van der Waals surface area (Å²) in [4.78, 5) is 23.4. The number of benzene rings is 2. The summed E-state index contributed by atoms with van der Waals surface area (Å²) in [5.41, 5.74) is -1.01. The first-order valence-corrected chi connectivity index (χ1v) is 7.14. The van der Waals surface area contributed by atoms with Gasteiger partial charge in [0, 0.05) is 5.69 Å². The Hall–Kier alpha value is -2.61. The number of amides is 1. The summed E-state index contributed by atoms with van der Waals surface area (Å²) >= 11 is 5.73. The SMILES string of the molecule is O=C(COC(=O)c1cc(F)ccc1Cl)Nc1ccc(C(F)(F)F)cc1. The van der Waals surface area contributed by atoms with Crippen LogP contribution in [0.4, 0.5) is 23.2 Å². The van der Waals surface area contributed by atoms with Gasteiger partial charge in [-0.1, -0.05) is 11.6 Å². The molecule has 2 aromatic carbocycles. The molecule has 1 amide bonds. The Morgan fingerprint density at radius 2 is 1.72 bits per heavy atom. The third-order valence-electron chi connectivity index (χ3n) is 2.98. The van der Waals surface area contributed by atoms with Crippen LogP contribution in [0.3, 0.4) is 0 Å². The molecule has 0 aliphatic rings. The van der Waals surface area contributed by atoms with E-state index in [1.165, 1.54) is 0 Å². The van der Waals surface area contributed by atoms with Crippen molar-refractivity contribution in [1.82, 2.24) is 0 Å². The van der Waals surface area contributed by atoms with Gasteiger partial charge < -0.3 is 10.1 Å². The van der Waals surface area contributed by atoms with Gasteiger partial charge in [0.25, 0.3) is 5.91 Å². The summed E-state index contributed by atoms with van der Waals surface area (Å²) in [6.45, 7) is -0.716. The lowest BCUT2D eigenvalue weighted by atomic mass is 10.2. The highest BCUT2D eigenvalue weighted by Gasteiger charge is 2.30. The van der Waals surface area contributed by atoms with E-state index in [0.717, 1.165) is 42.5 Å². The van der Waals surface area contributed by atoms with E-state index in [1.54, 1.807) is 0 Å². The Morgan fingerprint density at radius 3 is 2.32 bits per heavy atom. The summed E-state index contributed by atoms with van der Waals surface area (Å²) in [5, 5.41) is 2.22. The van der Waals surface area contributed by atoms with Crippen molar-refractivity contribution in [2.24, 2.45) is 0 Å². The van der Waals surface area contributed by atoms with Crippen LogP contribution in [-0.2, 0) is 15.7 Å². The Bertz CT molecular complexity index is 791. The molecule has 0 radical (unpaired) electrons. The van der Waals surface area contributed by atoms with Crippen LogP contribution in [0.5, 0.6) is 0 Å². The molecular weight excluding hydrogens is 366 g/mol. The lowest BCUT2D eigenvalue weighted by Crippen LogP contribution is -2.21. The van der Waals surface area contributed by atoms with Crippen LogP contribution < -0.4 is 5.32 Å². The largest absolute Gasteiger partial charge is 0.452 e. The molecule has 0 bridgehead atoms. The minimum absolute atomic E-state index is 0.0467. The van der Waals surface area contributed by atoms with Gasteiger partial charge in [-0.2, -0.15) is 13.2 Å². The number of rotatable bonds is 4. The predicted octanol–water partition coefficient (Wildman–Crippen LogP) is 4.29. The van der Waals surface area contributed by atoms with Gasteiger partial charge in [0.1, 0.15) is 5.82 Å². The molecule has 0 unspecified atom stereocenters. The van der Waals surface area contributed by atoms with Crippen molar-refractivity contribution in [2.45, 2.75) is 6.18 Å². The molecule has 0 heterocycles. The molecule has 0 saturated carbocycles. The normalized spacial score (nSPS) is 11.1. The second-order valence-electron chi connectivity index (χ2n) is 4.82. The summed E-state index contributed by atoms with van der Waals surface area (Å²) in [5.74, 6) is -2.49. The quantitative estimate of drug-likeness (QED) is 0.640. The Kier molecular flexibility index (Phi) is 5.63. The van der Waals surface area contributed by atoms with E-state index in [9.17, 15) is 27.2 Å². The topological polar surface area (TPSA) is 55.4 Å². The maximum absolute atomic E-state index is 13.1. The summed E-state index contributed by atoms with van der Waals surface area (Å²) in [7, 11) is 0. The second kappa shape index (κ2) is 7.52. The molecule has 0 aliphatic heterocycles. The van der Waals surface area contributed by atoms with Crippen molar-refractivity contribution >= 4 is 29.2 Å². The van der Waals surface area contributed by atoms with Crippen molar-refractivity contribution in [3.05, 3.63) is 64.4 Å². The zero-order valence-corrected chi connectivity index (χ0v) is 13.1. The number of anilines is 1. The van der Waals surface area contributed by atoms with Crippen LogP contribution in [0, 0.1) is 5.82 Å². The summed E-state index contributed by atoms with van der Waals surface area (Å²) in [6, 6.07) is 6.80. The molecule has 0 spiro atoms. The standard InChI is InChI=1S/C16H10ClF4NO3/c17-13-6-3-10(18)7-12(13)15(24)25-8-14(23)22-11-4-1-9(2-5-11)16(19,20)21/h1-7H,8H2,(H,22,23). The lowest BCUT2D eigenvalue weighted by Gasteiger charge is -2.09. The molecular formula is C16H10ClF4NO3. The fourth-order valence-corrected chi connectivity index (χ4v) is 2.00. The number of halogens is 5. The number of carbonyl (C=O) groups is 2. The van der Waals surface area contributed by atoms with Gasteiger partial charge >= 0.3 is 12.1 Å². The molecule has 0 fully saturated rings. The average Bonchev–Trinajstić information content (AvgIpc) is 2.54. The van der Waals surface area contributed by atoms with E-state index in [2.05, 4.69) is 5.32 Å². The summed E-state index contributed by atoms with van der Waals surface area (Å²) < 4.78 is 55.1. The first-order chi connectivity index (χ1) is 11.7. The highest BCUT2D eigenvalue weighted by molar-refractivity contribution is 6.33. The molecule has 2 aromatic rings. The van der Waals surface area contributed by atoms with Crippen LogP contribution in [-0.4, -0.2) is 18.5 Å². The zero-order chi connectivity index (χ0) is 18.6. The number of nitrogens with one attached hydrogen (secondary N) is 1. The number of hydrogen-bond donors (Lipinski definition) is 1. The van der Waals surface area contributed by atoms with Crippen molar-refractivity contribution in [3.8, 4) is 0 Å². The number of carbonyl (C=O) groups excluding carboxylic acids is 2. The van der Waals surface area contributed by atoms with Crippen LogP contribution in [0.15, 0.2) is 42.5 Å². The monoisotopic (exact) mass is 375 g/mol. The van der Waals surface area contributed by atoms with Gasteiger partial charge in [-0.05, 0) is 42.5 Å². The van der Waals surface area contributed by atoms with Gasteiger partial charge in [-0.3, -0.25) is 4.79 Å². The molecule has 0 aliphatic carbocycles. The minimum Gasteiger partial charge on any atom is -0.452 e. The number of esters is 1. The number of alkyl halides is 3. The molecule has 25 heavy (non-hydrogen) atoms. The molecule has 132 valence electrons. The molecule has 0 atom stereocenters. The van der Waals surface area contributed by atoms with Crippen LogP contribution in [0.2, 0.25) is 5.02 Å². The summed E-state index contributed by atoms with van der Waals surface area (Å²) in [6.07, 6.45) is -4.48. The molecule has 1 N–H and O–H groups in total. The van der Waals surface area contributed by atoms with Crippen molar-refractivity contribution < 1.29 is 31.9 Å². The fraction of sp³-hybridized carbons (Fsp3) is 0.125. The van der Waals surface area contributed by atoms with Crippen molar-refractivity contribution in [3.63, 3.8) is 0 Å². The van der Waals surface area contributed by atoms with E-state index >= 15 is 0 Å². The zero-order valence-electron chi connectivity index (χ0n) is 12.4. The Morgan fingerprint density at radius 1 is 1.08 bits per heavy atom. The molecule has 2 rings (SSSR count). The van der Waals surface area contributed by atoms with Crippen LogP contribution >= 0.6 is 11.6 Å². The smallest absolute Gasteiger partial charge is 0.416 e. The van der Waals surface area contributed by atoms with Crippen molar-refractivity contribution in [2.75, 3.05) is 11.9 Å². The van der Waals surface area contributed by atoms with E-state index in [-0.39, 0.29) is 16.3 Å². The van der Waals surface area contributed by atoms with E-state index < -0.39 is 36.0 Å². The van der Waals surface area contributed by atoms with Gasteiger partial charge in [0.05, 0.1) is 16.1 Å². The van der Waals surface area contributed by atoms with E-state index in [4.69, 9.17) is 16.3 Å². The van der Waals surface area contributed by atoms with Gasteiger partial charge in [0.15, 0.2) is 6.61 Å². The molecule has 9 heteroatoms. The molecule has 0 aromatic heterocycles. The van der Waals surface area contributed by atoms with Gasteiger partial charge in [0.2, 0.25) is 0 Å². The fourth-order valence-electron chi connectivity index (χ4n) is 1.80. The third kappa shape index (κ3) is 5.18. The first kappa shape index (κ1) is 18.7. The third-order valence-corrected chi connectivity index (χ3v) is 3.31. The van der Waals surface area contributed by atoms with Crippen LogP contribution in [0.25, 0.3) is 0 Å². The Balaban J connectivity index is 1.92. The van der Waals surface area contributed by atoms with E-state index in [0.29, 0.717) is 0 Å². The number of ether oxygens (including phenoxy) is 1. The Labute approximate surface area is 144 Å². The first-order valence-electron chi connectivity index (χ1n) is 6.76. The maximum Gasteiger partial charge on any atom is 0.416 e. The molecule has 4 nitrogen and oxygen atoms in total. The lowest BCUT2D eigenvalue weighted by molar-refractivity contribution is -0.137. The van der Waals surface area contributed by atoms with E-state index in [1.807, 2.05) is 0 Å².